The van der Waals surface area contributed by atoms with Gasteiger partial charge in [-0.2, -0.15) is 0 Å². The highest BCUT2D eigenvalue weighted by Crippen LogP contribution is 2.45. The first kappa shape index (κ1) is 14.9. The Morgan fingerprint density at radius 3 is 2.41 bits per heavy atom. The normalized spacial score (nSPS) is 15.9. The Morgan fingerprint density at radius 1 is 1.05 bits per heavy atom. The van der Waals surface area contributed by atoms with Crippen LogP contribution in [0.15, 0.2) is 48.5 Å². The third-order valence-electron chi connectivity index (χ3n) is 4.71. The monoisotopic (exact) mass is 297 g/mol. The maximum absolute atomic E-state index is 5.99. The average molecular weight is 297 g/mol. The quantitative estimate of drug-likeness (QED) is 0.885. The number of benzene rings is 2. The highest BCUT2D eigenvalue weighted by molar-refractivity contribution is 5.46. The second kappa shape index (κ2) is 6.41. The van der Waals surface area contributed by atoms with E-state index in [9.17, 15) is 0 Å². The molecule has 116 valence electrons. The zero-order chi connectivity index (χ0) is 15.4. The lowest BCUT2D eigenvalue weighted by atomic mass is 9.64. The maximum Gasteiger partial charge on any atom is 0.161 e. The zero-order valence-electron chi connectivity index (χ0n) is 13.0. The summed E-state index contributed by atoms with van der Waals surface area (Å²) in [5.74, 6) is 1.56. The topological polar surface area (TPSA) is 44.5 Å². The molecule has 1 aliphatic rings. The molecular formula is C19H23NO2. The second-order valence-electron chi connectivity index (χ2n) is 5.98. The van der Waals surface area contributed by atoms with Crippen LogP contribution in [0.4, 0.5) is 0 Å². The summed E-state index contributed by atoms with van der Waals surface area (Å²) < 4.78 is 11.4. The van der Waals surface area contributed by atoms with Crippen LogP contribution in [-0.4, -0.2) is 13.7 Å². The number of nitrogens with two attached hydrogens (primary N) is 1. The molecule has 2 N–H and O–H groups in total. The minimum absolute atomic E-state index is 0.144. The Morgan fingerprint density at radius 2 is 1.82 bits per heavy atom. The van der Waals surface area contributed by atoms with Crippen molar-refractivity contribution in [2.45, 2.75) is 31.3 Å². The summed E-state index contributed by atoms with van der Waals surface area (Å²) in [5, 5.41) is 0. The predicted molar refractivity (Wildman–Crippen MR) is 88.4 cm³/mol. The number of hydrogen-bond acceptors (Lipinski definition) is 3. The zero-order valence-corrected chi connectivity index (χ0v) is 13.0. The van der Waals surface area contributed by atoms with Crippen molar-refractivity contribution in [3.8, 4) is 11.5 Å². The first-order chi connectivity index (χ1) is 10.8. The summed E-state index contributed by atoms with van der Waals surface area (Å²) >= 11 is 0. The second-order valence-corrected chi connectivity index (χ2v) is 5.98. The standard InChI is InChI=1S/C19H23NO2/c1-21-18-12-16(19(14-20)10-5-11-19)8-9-17(18)22-13-15-6-3-2-4-7-15/h2-4,6-9,12H,5,10-11,13-14,20H2,1H3. The van der Waals surface area contributed by atoms with Crippen LogP contribution in [0.3, 0.4) is 0 Å². The Labute approximate surface area is 132 Å². The molecule has 3 nitrogen and oxygen atoms in total. The smallest absolute Gasteiger partial charge is 0.161 e. The van der Waals surface area contributed by atoms with Crippen molar-refractivity contribution >= 4 is 0 Å². The number of rotatable bonds is 6. The Balaban J connectivity index is 1.77. The molecule has 3 rings (SSSR count). The largest absolute Gasteiger partial charge is 0.493 e. The van der Waals surface area contributed by atoms with Gasteiger partial charge in [0.15, 0.2) is 11.5 Å². The van der Waals surface area contributed by atoms with Gasteiger partial charge < -0.3 is 15.2 Å². The summed E-state index contributed by atoms with van der Waals surface area (Å²) in [6.45, 7) is 1.24. The van der Waals surface area contributed by atoms with Crippen LogP contribution in [0.2, 0.25) is 0 Å². The van der Waals surface area contributed by atoms with E-state index in [-0.39, 0.29) is 5.41 Å². The van der Waals surface area contributed by atoms with E-state index in [0.29, 0.717) is 13.2 Å². The van der Waals surface area contributed by atoms with Crippen LogP contribution in [0.5, 0.6) is 11.5 Å². The molecule has 0 aromatic heterocycles. The SMILES string of the molecule is COc1cc(C2(CN)CCC2)ccc1OCc1ccccc1. The van der Waals surface area contributed by atoms with Gasteiger partial charge in [-0.25, -0.2) is 0 Å². The van der Waals surface area contributed by atoms with Crippen molar-refractivity contribution in [1.29, 1.82) is 0 Å². The molecular weight excluding hydrogens is 274 g/mol. The molecule has 1 aliphatic carbocycles. The van der Waals surface area contributed by atoms with E-state index in [1.54, 1.807) is 7.11 Å². The van der Waals surface area contributed by atoms with Crippen LogP contribution in [0.25, 0.3) is 0 Å². The van der Waals surface area contributed by atoms with Gasteiger partial charge in [0.05, 0.1) is 7.11 Å². The third-order valence-corrected chi connectivity index (χ3v) is 4.71. The Hall–Kier alpha value is -2.00. The van der Waals surface area contributed by atoms with Crippen molar-refractivity contribution in [2.75, 3.05) is 13.7 Å². The van der Waals surface area contributed by atoms with Crippen LogP contribution in [0, 0.1) is 0 Å². The van der Waals surface area contributed by atoms with E-state index in [0.717, 1.165) is 29.9 Å². The van der Waals surface area contributed by atoms with Crippen LogP contribution in [0.1, 0.15) is 30.4 Å². The minimum atomic E-state index is 0.144. The Kier molecular flexibility index (Phi) is 4.34. The first-order valence-corrected chi connectivity index (χ1v) is 7.83. The van der Waals surface area contributed by atoms with Gasteiger partial charge >= 0.3 is 0 Å². The molecule has 0 amide bonds. The minimum Gasteiger partial charge on any atom is -0.493 e. The van der Waals surface area contributed by atoms with E-state index in [2.05, 4.69) is 24.3 Å². The van der Waals surface area contributed by atoms with E-state index >= 15 is 0 Å². The number of ether oxygens (including phenoxy) is 2. The van der Waals surface area contributed by atoms with Crippen LogP contribution in [-0.2, 0) is 12.0 Å². The van der Waals surface area contributed by atoms with Gasteiger partial charge in [0.1, 0.15) is 6.61 Å². The lowest BCUT2D eigenvalue weighted by Crippen LogP contribution is -2.41. The molecule has 0 unspecified atom stereocenters. The van der Waals surface area contributed by atoms with Crippen molar-refractivity contribution in [3.05, 3.63) is 59.7 Å². The van der Waals surface area contributed by atoms with Gasteiger partial charge in [-0.1, -0.05) is 42.8 Å². The summed E-state index contributed by atoms with van der Waals surface area (Å²) in [6.07, 6.45) is 3.58. The summed E-state index contributed by atoms with van der Waals surface area (Å²) in [4.78, 5) is 0. The van der Waals surface area contributed by atoms with Crippen molar-refractivity contribution in [2.24, 2.45) is 5.73 Å². The van der Waals surface area contributed by atoms with E-state index in [1.807, 2.05) is 24.3 Å². The summed E-state index contributed by atoms with van der Waals surface area (Å²) in [5.41, 5.74) is 8.55. The molecule has 0 atom stereocenters. The molecule has 2 aromatic carbocycles. The van der Waals surface area contributed by atoms with E-state index in [4.69, 9.17) is 15.2 Å². The fourth-order valence-corrected chi connectivity index (χ4v) is 3.07. The Bertz CT molecular complexity index is 615. The van der Waals surface area contributed by atoms with Gasteiger partial charge in [0, 0.05) is 12.0 Å². The third kappa shape index (κ3) is 2.81. The molecule has 0 bridgehead atoms. The van der Waals surface area contributed by atoms with E-state index < -0.39 is 0 Å². The maximum atomic E-state index is 5.99. The fraction of sp³-hybridized carbons (Fsp3) is 0.368. The van der Waals surface area contributed by atoms with Gasteiger partial charge in [0.2, 0.25) is 0 Å². The summed E-state index contributed by atoms with van der Waals surface area (Å²) in [7, 11) is 1.68. The average Bonchev–Trinajstić information content (AvgIpc) is 2.54. The van der Waals surface area contributed by atoms with Crippen LogP contribution >= 0.6 is 0 Å². The lowest BCUT2D eigenvalue weighted by molar-refractivity contribution is 0.249. The van der Waals surface area contributed by atoms with E-state index in [1.165, 1.54) is 12.0 Å². The molecule has 0 aliphatic heterocycles. The molecule has 0 saturated heterocycles. The predicted octanol–water partition coefficient (Wildman–Crippen LogP) is 3.65. The molecule has 1 saturated carbocycles. The molecule has 0 spiro atoms. The molecule has 0 heterocycles. The highest BCUT2D eigenvalue weighted by Gasteiger charge is 2.37. The van der Waals surface area contributed by atoms with Gasteiger partial charge in [-0.3, -0.25) is 0 Å². The lowest BCUT2D eigenvalue weighted by Gasteiger charge is -2.41. The van der Waals surface area contributed by atoms with Gasteiger partial charge in [-0.05, 0) is 36.1 Å². The van der Waals surface area contributed by atoms with Crippen molar-refractivity contribution in [1.82, 2.24) is 0 Å². The molecule has 0 radical (unpaired) electrons. The molecule has 3 heteroatoms. The number of methoxy groups -OCH3 is 1. The fourth-order valence-electron chi connectivity index (χ4n) is 3.07. The molecule has 22 heavy (non-hydrogen) atoms. The van der Waals surface area contributed by atoms with Gasteiger partial charge in [-0.15, -0.1) is 0 Å². The first-order valence-electron chi connectivity index (χ1n) is 7.83. The highest BCUT2D eigenvalue weighted by atomic mass is 16.5. The van der Waals surface area contributed by atoms with Crippen molar-refractivity contribution < 1.29 is 9.47 Å². The molecule has 2 aromatic rings. The number of hydrogen-bond donors (Lipinski definition) is 1. The van der Waals surface area contributed by atoms with Gasteiger partial charge in [0.25, 0.3) is 0 Å². The summed E-state index contributed by atoms with van der Waals surface area (Å²) in [6, 6.07) is 16.4. The molecule has 1 fully saturated rings. The van der Waals surface area contributed by atoms with Crippen LogP contribution < -0.4 is 15.2 Å². The van der Waals surface area contributed by atoms with Crippen molar-refractivity contribution in [3.63, 3.8) is 0 Å².